The first-order valence-electron chi connectivity index (χ1n) is 4.42. The van der Waals surface area contributed by atoms with E-state index in [4.69, 9.17) is 0 Å². The summed E-state index contributed by atoms with van der Waals surface area (Å²) in [4.78, 5) is 18.0. The Morgan fingerprint density at radius 3 is 2.38 bits per heavy atom. The van der Waals surface area contributed by atoms with Crippen LogP contribution in [0.15, 0.2) is 30.9 Å². The number of aromatic nitrogens is 2. The van der Waals surface area contributed by atoms with E-state index in [1.165, 1.54) is 18.7 Å². The lowest BCUT2D eigenvalue weighted by Crippen LogP contribution is -1.94. The Morgan fingerprint density at radius 2 is 1.75 bits per heavy atom. The van der Waals surface area contributed by atoms with Gasteiger partial charge < -0.3 is 0 Å². The summed E-state index contributed by atoms with van der Waals surface area (Å²) < 4.78 is 26.5. The van der Waals surface area contributed by atoms with Crippen LogP contribution in [0.1, 0.15) is 10.4 Å². The van der Waals surface area contributed by atoms with Crippen molar-refractivity contribution in [2.75, 3.05) is 0 Å². The van der Waals surface area contributed by atoms with E-state index in [0.717, 1.165) is 6.07 Å². The molecule has 16 heavy (non-hydrogen) atoms. The van der Waals surface area contributed by atoms with Crippen molar-refractivity contribution in [3.05, 3.63) is 48.1 Å². The molecule has 1 heterocycles. The lowest BCUT2D eigenvalue weighted by atomic mass is 10.1. The largest absolute Gasteiger partial charge is 0.298 e. The number of benzene rings is 1. The molecule has 2 aromatic rings. The van der Waals surface area contributed by atoms with E-state index >= 15 is 0 Å². The Labute approximate surface area is 89.8 Å². The highest BCUT2D eigenvalue weighted by molar-refractivity contribution is 5.79. The van der Waals surface area contributed by atoms with Gasteiger partial charge in [-0.25, -0.2) is 18.7 Å². The molecule has 0 saturated heterocycles. The summed E-state index contributed by atoms with van der Waals surface area (Å²) in [6.07, 6.45) is 4.41. The maximum atomic E-state index is 13.4. The van der Waals surface area contributed by atoms with Gasteiger partial charge in [0, 0.05) is 29.6 Å². The molecule has 0 aliphatic heterocycles. The molecule has 0 amide bonds. The molecule has 1 aromatic heterocycles. The minimum atomic E-state index is -0.881. The molecule has 0 spiro atoms. The molecular weight excluding hydrogens is 214 g/mol. The van der Waals surface area contributed by atoms with Crippen molar-refractivity contribution in [1.82, 2.24) is 9.97 Å². The van der Waals surface area contributed by atoms with Gasteiger partial charge in [-0.15, -0.1) is 0 Å². The fourth-order valence-electron chi connectivity index (χ4n) is 1.32. The van der Waals surface area contributed by atoms with Crippen LogP contribution in [0.3, 0.4) is 0 Å². The van der Waals surface area contributed by atoms with Crippen LogP contribution in [0, 0.1) is 11.6 Å². The van der Waals surface area contributed by atoms with E-state index in [-0.39, 0.29) is 11.1 Å². The van der Waals surface area contributed by atoms with Crippen molar-refractivity contribution in [1.29, 1.82) is 0 Å². The Balaban J connectivity index is 2.62. The monoisotopic (exact) mass is 220 g/mol. The van der Waals surface area contributed by atoms with E-state index in [1.807, 2.05) is 0 Å². The fourth-order valence-corrected chi connectivity index (χ4v) is 1.32. The second kappa shape index (κ2) is 4.14. The van der Waals surface area contributed by atoms with Gasteiger partial charge in [-0.2, -0.15) is 0 Å². The molecule has 0 fully saturated rings. The minimum Gasteiger partial charge on any atom is -0.298 e. The van der Waals surface area contributed by atoms with Gasteiger partial charge in [0.25, 0.3) is 0 Å². The average molecular weight is 220 g/mol. The number of hydrogen-bond acceptors (Lipinski definition) is 3. The van der Waals surface area contributed by atoms with Crippen LogP contribution in [0.5, 0.6) is 0 Å². The highest BCUT2D eigenvalue weighted by Gasteiger charge is 2.11. The smallest absolute Gasteiger partial charge is 0.153 e. The average Bonchev–Trinajstić information content (AvgIpc) is 2.30. The van der Waals surface area contributed by atoms with Crippen LogP contribution < -0.4 is 0 Å². The van der Waals surface area contributed by atoms with Crippen molar-refractivity contribution < 1.29 is 13.6 Å². The van der Waals surface area contributed by atoms with Crippen molar-refractivity contribution in [2.45, 2.75) is 0 Å². The van der Waals surface area contributed by atoms with E-state index in [9.17, 15) is 13.6 Å². The first-order valence-corrected chi connectivity index (χ1v) is 4.42. The van der Waals surface area contributed by atoms with Crippen molar-refractivity contribution in [2.24, 2.45) is 0 Å². The highest BCUT2D eigenvalue weighted by atomic mass is 19.1. The predicted molar refractivity (Wildman–Crippen MR) is 52.8 cm³/mol. The molecule has 1 aromatic carbocycles. The molecule has 2 rings (SSSR count). The SMILES string of the molecule is O=Cc1cc(-c2cncnc2)c(F)cc1F. The molecular formula is C11H6F2N2O. The van der Waals surface area contributed by atoms with Crippen LogP contribution in [-0.4, -0.2) is 16.3 Å². The zero-order valence-electron chi connectivity index (χ0n) is 8.02. The highest BCUT2D eigenvalue weighted by Crippen LogP contribution is 2.23. The van der Waals surface area contributed by atoms with Gasteiger partial charge in [0.2, 0.25) is 0 Å². The van der Waals surface area contributed by atoms with E-state index in [1.54, 1.807) is 0 Å². The molecule has 0 aliphatic carbocycles. The molecule has 0 saturated carbocycles. The zero-order valence-corrected chi connectivity index (χ0v) is 8.02. The first kappa shape index (κ1) is 10.4. The molecule has 0 N–H and O–H groups in total. The van der Waals surface area contributed by atoms with Gasteiger partial charge >= 0.3 is 0 Å². The number of hydrogen-bond donors (Lipinski definition) is 0. The summed E-state index contributed by atoms with van der Waals surface area (Å²) in [7, 11) is 0. The van der Waals surface area contributed by atoms with Gasteiger partial charge in [-0.1, -0.05) is 0 Å². The van der Waals surface area contributed by atoms with Gasteiger partial charge in [0.15, 0.2) is 6.29 Å². The Kier molecular flexibility index (Phi) is 2.68. The number of carbonyl (C=O) groups is 1. The quantitative estimate of drug-likeness (QED) is 0.729. The lowest BCUT2D eigenvalue weighted by Gasteiger charge is -2.04. The number of nitrogens with zero attached hydrogens (tertiary/aromatic N) is 2. The number of halogens is 2. The summed E-state index contributed by atoms with van der Waals surface area (Å²) in [5, 5.41) is 0. The maximum Gasteiger partial charge on any atom is 0.153 e. The molecule has 0 radical (unpaired) electrons. The van der Waals surface area contributed by atoms with Crippen LogP contribution >= 0.6 is 0 Å². The van der Waals surface area contributed by atoms with Crippen LogP contribution in [0.2, 0.25) is 0 Å². The molecule has 80 valence electrons. The summed E-state index contributed by atoms with van der Waals surface area (Å²) in [6.45, 7) is 0. The molecule has 0 atom stereocenters. The standard InChI is InChI=1S/C11H6F2N2O/c12-10-2-11(13)9(1-7(10)5-16)8-3-14-6-15-4-8/h1-6H. The first-order chi connectivity index (χ1) is 7.72. The third-order valence-corrected chi connectivity index (χ3v) is 2.08. The fraction of sp³-hybridized carbons (Fsp3) is 0. The second-order valence-corrected chi connectivity index (χ2v) is 3.10. The van der Waals surface area contributed by atoms with Crippen molar-refractivity contribution in [3.63, 3.8) is 0 Å². The van der Waals surface area contributed by atoms with Gasteiger partial charge in [-0.05, 0) is 6.07 Å². The van der Waals surface area contributed by atoms with Crippen molar-refractivity contribution >= 4 is 6.29 Å². The third kappa shape index (κ3) is 1.79. The molecule has 0 aliphatic rings. The van der Waals surface area contributed by atoms with Crippen LogP contribution in [-0.2, 0) is 0 Å². The van der Waals surface area contributed by atoms with Crippen molar-refractivity contribution in [3.8, 4) is 11.1 Å². The maximum absolute atomic E-state index is 13.4. The Morgan fingerprint density at radius 1 is 1.06 bits per heavy atom. The summed E-state index contributed by atoms with van der Waals surface area (Å²) in [5.74, 6) is -1.63. The Hall–Kier alpha value is -2.17. The number of carbonyl (C=O) groups excluding carboxylic acids is 1. The van der Waals surface area contributed by atoms with Crippen LogP contribution in [0.4, 0.5) is 8.78 Å². The Bertz CT molecular complexity index is 529. The number of aldehydes is 1. The third-order valence-electron chi connectivity index (χ3n) is 2.08. The van der Waals surface area contributed by atoms with Gasteiger partial charge in [0.05, 0.1) is 5.56 Å². The van der Waals surface area contributed by atoms with E-state index in [2.05, 4.69) is 9.97 Å². The summed E-state index contributed by atoms with van der Waals surface area (Å²) in [6, 6.07) is 1.81. The topological polar surface area (TPSA) is 42.9 Å². The van der Waals surface area contributed by atoms with Gasteiger partial charge in [-0.3, -0.25) is 4.79 Å². The zero-order chi connectivity index (χ0) is 11.5. The lowest BCUT2D eigenvalue weighted by molar-refractivity contribution is 0.112. The summed E-state index contributed by atoms with van der Waals surface area (Å²) >= 11 is 0. The van der Waals surface area contributed by atoms with Gasteiger partial charge in [0.1, 0.15) is 18.0 Å². The molecule has 3 nitrogen and oxygen atoms in total. The second-order valence-electron chi connectivity index (χ2n) is 3.10. The van der Waals surface area contributed by atoms with E-state index in [0.29, 0.717) is 17.9 Å². The normalized spacial score (nSPS) is 10.1. The number of rotatable bonds is 2. The predicted octanol–water partition coefficient (Wildman–Crippen LogP) is 2.23. The minimum absolute atomic E-state index is 0.101. The molecule has 0 bridgehead atoms. The molecule has 0 unspecified atom stereocenters. The van der Waals surface area contributed by atoms with Crippen LogP contribution in [0.25, 0.3) is 11.1 Å². The molecule has 5 heteroatoms. The van der Waals surface area contributed by atoms with E-state index < -0.39 is 11.6 Å². The summed E-state index contributed by atoms with van der Waals surface area (Å²) in [5.41, 5.74) is 0.299.